The van der Waals surface area contributed by atoms with E-state index in [9.17, 15) is 31.6 Å². The van der Waals surface area contributed by atoms with Crippen molar-refractivity contribution >= 4 is 49.2 Å². The van der Waals surface area contributed by atoms with Crippen molar-refractivity contribution in [2.24, 2.45) is 0 Å². The molecule has 0 bridgehead atoms. The number of hydrogen-bond donors (Lipinski definition) is 1. The van der Waals surface area contributed by atoms with Crippen molar-refractivity contribution in [3.63, 3.8) is 0 Å². The molecule has 0 radical (unpaired) electrons. The Morgan fingerprint density at radius 1 is 1.00 bits per heavy atom. The summed E-state index contributed by atoms with van der Waals surface area (Å²) < 4.78 is 77.9. The van der Waals surface area contributed by atoms with Crippen LogP contribution in [0.5, 0.6) is 0 Å². The van der Waals surface area contributed by atoms with E-state index in [0.717, 1.165) is 0 Å². The summed E-state index contributed by atoms with van der Waals surface area (Å²) in [7, 11) is 0. The zero-order valence-electron chi connectivity index (χ0n) is 11.2. The van der Waals surface area contributed by atoms with Crippen LogP contribution in [0.2, 0.25) is 5.02 Å². The molecule has 0 fully saturated rings. The van der Waals surface area contributed by atoms with Crippen LogP contribution < -0.4 is 5.32 Å². The van der Waals surface area contributed by atoms with Gasteiger partial charge in [-0.05, 0) is 17.7 Å². The quantitative estimate of drug-likeness (QED) is 0.409. The maximum absolute atomic E-state index is 13.5. The van der Waals surface area contributed by atoms with Gasteiger partial charge in [0.1, 0.15) is 0 Å². The average molecular weight is 498 g/mol. The van der Waals surface area contributed by atoms with E-state index in [1.54, 1.807) is 0 Å². The summed E-state index contributed by atoms with van der Waals surface area (Å²) in [5, 5.41) is 10.9. The van der Waals surface area contributed by atoms with Gasteiger partial charge >= 0.3 is 12.4 Å². The molecular formula is C13H5Br2ClF6N2. The van der Waals surface area contributed by atoms with E-state index in [1.807, 2.05) is 0 Å². The van der Waals surface area contributed by atoms with Crippen molar-refractivity contribution in [1.82, 2.24) is 5.32 Å². The predicted molar refractivity (Wildman–Crippen MR) is 82.5 cm³/mol. The van der Waals surface area contributed by atoms with Gasteiger partial charge in [0.15, 0.2) is 3.23 Å². The number of nitrogens with one attached hydrogen (secondary N) is 1. The van der Waals surface area contributed by atoms with Gasteiger partial charge in [0.2, 0.25) is 0 Å². The van der Waals surface area contributed by atoms with Crippen LogP contribution in [0.4, 0.5) is 26.3 Å². The van der Waals surface area contributed by atoms with Gasteiger partial charge in [0.25, 0.3) is 5.54 Å². The van der Waals surface area contributed by atoms with Crippen LogP contribution in [0.3, 0.4) is 0 Å². The van der Waals surface area contributed by atoms with E-state index in [4.69, 9.17) is 11.6 Å². The highest BCUT2D eigenvalue weighted by Gasteiger charge is 2.83. The van der Waals surface area contributed by atoms with Gasteiger partial charge in [-0.25, -0.2) is 0 Å². The van der Waals surface area contributed by atoms with Crippen molar-refractivity contribution in [3.05, 3.63) is 40.4 Å². The molecule has 1 N–H and O–H groups in total. The van der Waals surface area contributed by atoms with Crippen LogP contribution in [0.1, 0.15) is 5.56 Å². The SMILES string of the molecule is N#CC1=C(c2ccc(Cl)cc2)NC(C(F)(F)F)(C(F)(F)F)C1(Br)Br. The first kappa shape index (κ1) is 19.4. The molecule has 1 heterocycles. The summed E-state index contributed by atoms with van der Waals surface area (Å²) in [5.74, 6) is 0. The van der Waals surface area contributed by atoms with Gasteiger partial charge in [-0.1, -0.05) is 55.6 Å². The third kappa shape index (κ3) is 2.61. The molecule has 24 heavy (non-hydrogen) atoms. The lowest BCUT2D eigenvalue weighted by Gasteiger charge is -2.41. The minimum Gasteiger partial charge on any atom is -0.361 e. The van der Waals surface area contributed by atoms with Crippen molar-refractivity contribution in [2.75, 3.05) is 0 Å². The second-order valence-electron chi connectivity index (χ2n) is 4.81. The van der Waals surface area contributed by atoms with Gasteiger partial charge in [-0.3, -0.25) is 0 Å². The average Bonchev–Trinajstić information content (AvgIpc) is 2.66. The molecule has 1 aliphatic rings. The molecule has 1 aliphatic heterocycles. The number of hydrogen-bond acceptors (Lipinski definition) is 2. The second kappa shape index (κ2) is 5.81. The molecule has 0 saturated heterocycles. The normalized spacial score (nSPS) is 19.8. The highest BCUT2D eigenvalue weighted by molar-refractivity contribution is 9.25. The maximum atomic E-state index is 13.5. The standard InChI is InChI=1S/C13H5Br2ClF6N2/c14-10(15)8(5-23)9(6-1-3-7(16)4-2-6)24-11(10,12(17,18)19)13(20,21)22/h1-4,24H. The number of halogens is 9. The van der Waals surface area contributed by atoms with E-state index in [-0.39, 0.29) is 10.6 Å². The highest BCUT2D eigenvalue weighted by Crippen LogP contribution is 2.62. The number of alkyl halides is 8. The molecule has 11 heteroatoms. The van der Waals surface area contributed by atoms with Crippen LogP contribution in [-0.4, -0.2) is 21.1 Å². The van der Waals surface area contributed by atoms with Gasteiger partial charge in [0.05, 0.1) is 17.3 Å². The summed E-state index contributed by atoms with van der Waals surface area (Å²) in [6.07, 6.45) is -11.5. The van der Waals surface area contributed by atoms with Gasteiger partial charge in [-0.2, -0.15) is 31.6 Å². The van der Waals surface area contributed by atoms with Crippen LogP contribution in [0.15, 0.2) is 29.8 Å². The molecule has 130 valence electrons. The van der Waals surface area contributed by atoms with Crippen molar-refractivity contribution < 1.29 is 26.3 Å². The van der Waals surface area contributed by atoms with E-state index in [1.165, 1.54) is 35.7 Å². The van der Waals surface area contributed by atoms with E-state index in [0.29, 0.717) is 0 Å². The van der Waals surface area contributed by atoms with Gasteiger partial charge in [0, 0.05) is 5.02 Å². The molecule has 1 aromatic rings. The molecule has 0 unspecified atom stereocenters. The maximum Gasteiger partial charge on any atom is 0.423 e. The number of benzene rings is 1. The summed E-state index contributed by atoms with van der Waals surface area (Å²) >= 11 is 10.5. The van der Waals surface area contributed by atoms with Gasteiger partial charge < -0.3 is 5.32 Å². The Balaban J connectivity index is 2.76. The first-order chi connectivity index (χ1) is 10.8. The molecule has 0 saturated carbocycles. The minimum absolute atomic E-state index is 0.0467. The summed E-state index contributed by atoms with van der Waals surface area (Å²) in [4.78, 5) is 0. The largest absolute Gasteiger partial charge is 0.423 e. The Kier molecular flexibility index (Phi) is 4.70. The van der Waals surface area contributed by atoms with Crippen molar-refractivity contribution in [2.45, 2.75) is 21.1 Å². The molecule has 2 rings (SSSR count). The summed E-state index contributed by atoms with van der Waals surface area (Å²) in [5.41, 5.74) is -5.88. The Morgan fingerprint density at radius 2 is 1.46 bits per heavy atom. The highest BCUT2D eigenvalue weighted by atomic mass is 79.9. The van der Waals surface area contributed by atoms with E-state index >= 15 is 0 Å². The molecule has 0 atom stereocenters. The molecule has 0 spiro atoms. The molecule has 0 amide bonds. The number of nitrogens with zero attached hydrogens (tertiary/aromatic N) is 1. The predicted octanol–water partition coefficient (Wildman–Crippen LogP) is 5.53. The lowest BCUT2D eigenvalue weighted by atomic mass is 9.92. The number of nitriles is 1. The molecule has 1 aromatic carbocycles. The fraction of sp³-hybridized carbons (Fsp3) is 0.308. The number of rotatable bonds is 1. The third-order valence-corrected chi connectivity index (χ3v) is 5.68. The van der Waals surface area contributed by atoms with Crippen LogP contribution in [0, 0.1) is 11.3 Å². The van der Waals surface area contributed by atoms with Gasteiger partial charge in [-0.15, -0.1) is 0 Å². The summed E-state index contributed by atoms with van der Waals surface area (Å²) in [6.45, 7) is 0. The zero-order valence-corrected chi connectivity index (χ0v) is 15.1. The monoisotopic (exact) mass is 496 g/mol. The smallest absolute Gasteiger partial charge is 0.361 e. The first-order valence-electron chi connectivity index (χ1n) is 6.00. The molecule has 2 nitrogen and oxygen atoms in total. The van der Waals surface area contributed by atoms with E-state index < -0.39 is 32.4 Å². The fourth-order valence-corrected chi connectivity index (χ4v) is 4.09. The van der Waals surface area contributed by atoms with Crippen LogP contribution in [-0.2, 0) is 0 Å². The second-order valence-corrected chi connectivity index (χ2v) is 8.69. The van der Waals surface area contributed by atoms with Crippen LogP contribution in [0.25, 0.3) is 5.70 Å². The summed E-state index contributed by atoms with van der Waals surface area (Å²) in [6, 6.07) is 6.39. The van der Waals surface area contributed by atoms with E-state index in [2.05, 4.69) is 31.9 Å². The van der Waals surface area contributed by atoms with Crippen LogP contribution >= 0.6 is 43.5 Å². The van der Waals surface area contributed by atoms with Crippen molar-refractivity contribution in [1.29, 1.82) is 5.26 Å². The Hall–Kier alpha value is -0.920. The first-order valence-corrected chi connectivity index (χ1v) is 7.96. The Bertz CT molecular complexity index is 717. The lowest BCUT2D eigenvalue weighted by molar-refractivity contribution is -0.300. The van der Waals surface area contributed by atoms with Crippen molar-refractivity contribution in [3.8, 4) is 6.07 Å². The minimum atomic E-state index is -5.77. The fourth-order valence-electron chi connectivity index (χ4n) is 2.29. The Labute approximate surface area is 153 Å². The third-order valence-electron chi connectivity index (χ3n) is 3.44. The molecule has 0 aliphatic carbocycles. The topological polar surface area (TPSA) is 35.8 Å². The zero-order chi connectivity index (χ0) is 18.6. The Morgan fingerprint density at radius 3 is 1.83 bits per heavy atom. The molecule has 0 aromatic heterocycles. The molecular weight excluding hydrogens is 493 g/mol. The lowest BCUT2D eigenvalue weighted by Crippen LogP contribution is -2.71.